The maximum atomic E-state index is 13.2. The first-order valence-electron chi connectivity index (χ1n) is 10.1. The number of rotatable bonds is 5. The van der Waals surface area contributed by atoms with Crippen molar-refractivity contribution in [2.75, 3.05) is 13.2 Å². The second-order valence-corrected chi connectivity index (χ2v) is 8.42. The predicted octanol–water partition coefficient (Wildman–Crippen LogP) is 4.17. The van der Waals surface area contributed by atoms with Gasteiger partial charge in [-0.15, -0.1) is 0 Å². The Labute approximate surface area is 171 Å². The molecule has 0 saturated heterocycles. The Hall–Kier alpha value is -2.63. The molecule has 1 heterocycles. The topological polar surface area (TPSA) is 85.2 Å². The molecule has 1 fully saturated rings. The zero-order valence-electron chi connectivity index (χ0n) is 17.7. The van der Waals surface area contributed by atoms with Gasteiger partial charge in [-0.05, 0) is 50.3 Å². The van der Waals surface area contributed by atoms with E-state index >= 15 is 0 Å². The van der Waals surface area contributed by atoms with E-state index in [2.05, 4.69) is 18.8 Å². The van der Waals surface area contributed by atoms with Gasteiger partial charge in [-0.1, -0.05) is 19.9 Å². The van der Waals surface area contributed by atoms with E-state index < -0.39 is 17.8 Å². The molecule has 0 spiro atoms. The highest BCUT2D eigenvalue weighted by Crippen LogP contribution is 2.48. The average Bonchev–Trinajstić information content (AvgIpc) is 2.61. The number of Topliss-reactive ketones (excluding diaryl/α,β-unsaturated/α-hetero) is 1. The number of esters is 1. The lowest BCUT2D eigenvalue weighted by atomic mass is 9.63. The lowest BCUT2D eigenvalue weighted by Gasteiger charge is -2.41. The van der Waals surface area contributed by atoms with E-state index in [1.165, 1.54) is 0 Å². The van der Waals surface area contributed by atoms with E-state index in [4.69, 9.17) is 9.47 Å². The van der Waals surface area contributed by atoms with Gasteiger partial charge in [0, 0.05) is 23.7 Å². The van der Waals surface area contributed by atoms with E-state index in [-0.39, 0.29) is 23.6 Å². The molecule has 2 aliphatic rings. The van der Waals surface area contributed by atoms with Gasteiger partial charge >= 0.3 is 5.97 Å². The van der Waals surface area contributed by atoms with Crippen molar-refractivity contribution in [1.29, 1.82) is 0 Å². The number of nitrogens with zero attached hydrogens (tertiary/aromatic N) is 1. The molecule has 0 amide bonds. The zero-order chi connectivity index (χ0) is 21.3. The zero-order valence-corrected chi connectivity index (χ0v) is 17.7. The van der Waals surface area contributed by atoms with Gasteiger partial charge in [0.05, 0.1) is 24.7 Å². The van der Waals surface area contributed by atoms with Gasteiger partial charge in [0.2, 0.25) is 0 Å². The third-order valence-corrected chi connectivity index (χ3v) is 5.50. The molecule has 0 radical (unpaired) electrons. The molecule has 2 atom stereocenters. The SMILES string of the molecule is CCOC(=O)C1=C(C)N=C2CC(C)(C)CC(=O)C2[C@H]1c1ccc(O)c(OCC)c1. The van der Waals surface area contributed by atoms with Crippen LogP contribution in [0.15, 0.2) is 34.5 Å². The maximum absolute atomic E-state index is 13.2. The fourth-order valence-corrected chi connectivity index (χ4v) is 4.42. The number of allylic oxidation sites excluding steroid dienone is 1. The molecule has 1 unspecified atom stereocenters. The minimum absolute atomic E-state index is 0.0230. The molecule has 6 heteroatoms. The predicted molar refractivity (Wildman–Crippen MR) is 110 cm³/mol. The molecule has 29 heavy (non-hydrogen) atoms. The van der Waals surface area contributed by atoms with E-state index in [9.17, 15) is 14.7 Å². The van der Waals surface area contributed by atoms with Crippen molar-refractivity contribution in [1.82, 2.24) is 0 Å². The van der Waals surface area contributed by atoms with Crippen molar-refractivity contribution in [2.24, 2.45) is 16.3 Å². The number of phenolic OH excluding ortho intramolecular Hbond substituents is 1. The highest BCUT2D eigenvalue weighted by molar-refractivity contribution is 6.12. The minimum Gasteiger partial charge on any atom is -0.504 e. The summed E-state index contributed by atoms with van der Waals surface area (Å²) in [5.74, 6) is -1.05. The molecule has 3 rings (SSSR count). The van der Waals surface area contributed by atoms with Crippen LogP contribution in [-0.4, -0.2) is 35.8 Å². The smallest absolute Gasteiger partial charge is 0.336 e. The molecule has 1 aromatic carbocycles. The summed E-state index contributed by atoms with van der Waals surface area (Å²) in [7, 11) is 0. The molecule has 1 aliphatic carbocycles. The number of benzene rings is 1. The summed E-state index contributed by atoms with van der Waals surface area (Å²) in [4.78, 5) is 30.7. The fourth-order valence-electron chi connectivity index (χ4n) is 4.42. The van der Waals surface area contributed by atoms with Crippen molar-refractivity contribution in [2.45, 2.75) is 53.4 Å². The average molecular weight is 399 g/mol. The summed E-state index contributed by atoms with van der Waals surface area (Å²) in [6, 6.07) is 5.00. The second-order valence-electron chi connectivity index (χ2n) is 8.42. The standard InChI is InChI=1S/C23H29NO5/c1-6-28-18-10-14(8-9-16(18)25)20-19(22(27)29-7-2)13(3)24-15-11-23(4,5)12-17(26)21(15)20/h8-10,20-21,25H,6-7,11-12H2,1-5H3/t20-,21?/m0/s1. The molecule has 156 valence electrons. The van der Waals surface area contributed by atoms with Gasteiger partial charge in [0.15, 0.2) is 11.5 Å². The molecule has 1 aromatic rings. The lowest BCUT2D eigenvalue weighted by molar-refractivity contribution is -0.139. The van der Waals surface area contributed by atoms with Crippen LogP contribution < -0.4 is 4.74 Å². The number of fused-ring (bicyclic) bond motifs is 1. The lowest BCUT2D eigenvalue weighted by Crippen LogP contribution is -2.44. The number of aliphatic imine (C=N–C) groups is 1. The third kappa shape index (κ3) is 4.07. The molecular weight excluding hydrogens is 370 g/mol. The first kappa shape index (κ1) is 21.1. The highest BCUT2D eigenvalue weighted by atomic mass is 16.5. The first-order chi connectivity index (χ1) is 13.7. The van der Waals surface area contributed by atoms with Crippen LogP contribution in [0.2, 0.25) is 0 Å². The van der Waals surface area contributed by atoms with Crippen LogP contribution in [0.3, 0.4) is 0 Å². The van der Waals surface area contributed by atoms with Gasteiger partial charge < -0.3 is 14.6 Å². The summed E-state index contributed by atoms with van der Waals surface area (Å²) in [6.07, 6.45) is 1.13. The Bertz CT molecular complexity index is 897. The van der Waals surface area contributed by atoms with Crippen LogP contribution >= 0.6 is 0 Å². The monoisotopic (exact) mass is 399 g/mol. The highest BCUT2D eigenvalue weighted by Gasteiger charge is 2.47. The summed E-state index contributed by atoms with van der Waals surface area (Å²) in [6.45, 7) is 10.1. The summed E-state index contributed by atoms with van der Waals surface area (Å²) < 4.78 is 10.8. The summed E-state index contributed by atoms with van der Waals surface area (Å²) in [5.41, 5.74) is 2.37. The van der Waals surface area contributed by atoms with E-state index in [0.717, 1.165) is 11.3 Å². The Balaban J connectivity index is 2.17. The Kier molecular flexibility index (Phi) is 5.82. The van der Waals surface area contributed by atoms with Crippen LogP contribution in [-0.2, 0) is 14.3 Å². The minimum atomic E-state index is -0.509. The third-order valence-electron chi connectivity index (χ3n) is 5.50. The van der Waals surface area contributed by atoms with Crippen LogP contribution in [0.5, 0.6) is 11.5 Å². The molecule has 0 bridgehead atoms. The fraction of sp³-hybridized carbons (Fsp3) is 0.522. The number of hydrogen-bond donors (Lipinski definition) is 1. The summed E-state index contributed by atoms with van der Waals surface area (Å²) in [5, 5.41) is 10.1. The molecule has 0 aromatic heterocycles. The summed E-state index contributed by atoms with van der Waals surface area (Å²) >= 11 is 0. The van der Waals surface area contributed by atoms with Crippen LogP contribution in [0.4, 0.5) is 0 Å². The molecule has 1 N–H and O–H groups in total. The van der Waals surface area contributed by atoms with Crippen molar-refractivity contribution >= 4 is 17.5 Å². The van der Waals surface area contributed by atoms with Gasteiger partial charge in [-0.2, -0.15) is 0 Å². The number of phenols is 1. The quantitative estimate of drug-likeness (QED) is 0.751. The van der Waals surface area contributed by atoms with Crippen molar-refractivity contribution < 1.29 is 24.2 Å². The molecule has 6 nitrogen and oxygen atoms in total. The number of ketones is 1. The molecule has 1 aliphatic heterocycles. The van der Waals surface area contributed by atoms with Crippen molar-refractivity contribution in [3.63, 3.8) is 0 Å². The van der Waals surface area contributed by atoms with Gasteiger partial charge in [0.25, 0.3) is 0 Å². The number of carbonyl (C=O) groups excluding carboxylic acids is 2. The maximum Gasteiger partial charge on any atom is 0.336 e. The van der Waals surface area contributed by atoms with Gasteiger partial charge in [-0.25, -0.2) is 4.79 Å². The van der Waals surface area contributed by atoms with Gasteiger partial charge in [-0.3, -0.25) is 9.79 Å². The van der Waals surface area contributed by atoms with E-state index in [1.807, 2.05) is 6.92 Å². The van der Waals surface area contributed by atoms with Crippen LogP contribution in [0.25, 0.3) is 0 Å². The Morgan fingerprint density at radius 1 is 1.21 bits per heavy atom. The Morgan fingerprint density at radius 2 is 1.93 bits per heavy atom. The first-order valence-corrected chi connectivity index (χ1v) is 10.1. The van der Waals surface area contributed by atoms with Crippen molar-refractivity contribution in [3.05, 3.63) is 35.0 Å². The van der Waals surface area contributed by atoms with Crippen molar-refractivity contribution in [3.8, 4) is 11.5 Å². The molecular formula is C23H29NO5. The second kappa shape index (κ2) is 8.01. The largest absolute Gasteiger partial charge is 0.504 e. The number of ether oxygens (including phenoxy) is 2. The van der Waals surface area contributed by atoms with Gasteiger partial charge in [0.1, 0.15) is 5.78 Å². The van der Waals surface area contributed by atoms with Crippen LogP contribution in [0.1, 0.15) is 58.9 Å². The number of carbonyl (C=O) groups is 2. The Morgan fingerprint density at radius 3 is 2.59 bits per heavy atom. The molecule has 1 saturated carbocycles. The van der Waals surface area contributed by atoms with Crippen LogP contribution in [0, 0.1) is 11.3 Å². The van der Waals surface area contributed by atoms with E-state index in [1.54, 1.807) is 32.0 Å². The normalized spacial score (nSPS) is 23.3. The number of aromatic hydroxyl groups is 1. The number of hydrogen-bond acceptors (Lipinski definition) is 6. The van der Waals surface area contributed by atoms with E-state index in [0.29, 0.717) is 36.5 Å².